The number of carbonyl (C=O) groups is 1. The Kier molecular flexibility index (Phi) is 5.43. The quantitative estimate of drug-likeness (QED) is 0.641. The molecule has 2 aromatic carbocycles. The topological polar surface area (TPSA) is 60.4 Å². The van der Waals surface area contributed by atoms with Crippen molar-refractivity contribution in [3.05, 3.63) is 70.7 Å². The molecular weight excluding hydrogens is 362 g/mol. The Morgan fingerprint density at radius 3 is 2.65 bits per heavy atom. The molecule has 26 heavy (non-hydrogen) atoms. The lowest BCUT2D eigenvalue weighted by atomic mass is 10.2. The zero-order chi connectivity index (χ0) is 18.5. The molecule has 0 aliphatic heterocycles. The Morgan fingerprint density at radius 2 is 1.96 bits per heavy atom. The number of thiazole rings is 1. The van der Waals surface area contributed by atoms with Crippen molar-refractivity contribution in [1.29, 1.82) is 0 Å². The zero-order valence-corrected chi connectivity index (χ0v) is 14.5. The molecule has 3 rings (SSSR count). The summed E-state index contributed by atoms with van der Waals surface area (Å²) in [6.07, 6.45) is 0. The third-order valence-electron chi connectivity index (χ3n) is 3.40. The van der Waals surface area contributed by atoms with Crippen LogP contribution in [0.4, 0.5) is 19.6 Å². The van der Waals surface area contributed by atoms with Crippen LogP contribution in [0, 0.1) is 11.6 Å². The van der Waals surface area contributed by atoms with Gasteiger partial charge in [0.05, 0.1) is 18.4 Å². The van der Waals surface area contributed by atoms with Crippen molar-refractivity contribution in [2.24, 2.45) is 0 Å². The van der Waals surface area contributed by atoms with Gasteiger partial charge in [-0.25, -0.2) is 18.6 Å². The van der Waals surface area contributed by atoms with Crippen molar-refractivity contribution >= 4 is 28.1 Å². The molecular formula is C18H14F2N2O3S. The average Bonchev–Trinajstić information content (AvgIpc) is 3.08. The molecule has 0 saturated carbocycles. The maximum absolute atomic E-state index is 13.6. The smallest absolute Gasteiger partial charge is 0.341 e. The van der Waals surface area contributed by atoms with Crippen LogP contribution in [0.25, 0.3) is 0 Å². The molecule has 0 saturated heterocycles. The van der Waals surface area contributed by atoms with Crippen molar-refractivity contribution in [3.63, 3.8) is 0 Å². The number of methoxy groups -OCH3 is 1. The Hall–Kier alpha value is -3.00. The van der Waals surface area contributed by atoms with E-state index in [1.165, 1.54) is 11.3 Å². The molecule has 0 fully saturated rings. The lowest BCUT2D eigenvalue weighted by molar-refractivity contribution is 0.0463. The lowest BCUT2D eigenvalue weighted by Crippen LogP contribution is -2.08. The summed E-state index contributed by atoms with van der Waals surface area (Å²) in [6, 6.07) is 10.0. The van der Waals surface area contributed by atoms with Gasteiger partial charge in [0.2, 0.25) is 0 Å². The number of esters is 1. The molecule has 1 heterocycles. The van der Waals surface area contributed by atoms with Crippen LogP contribution in [-0.2, 0) is 11.3 Å². The van der Waals surface area contributed by atoms with Crippen molar-refractivity contribution in [1.82, 2.24) is 4.98 Å². The number of rotatable bonds is 6. The molecule has 0 amide bonds. The minimum atomic E-state index is -0.963. The fourth-order valence-electron chi connectivity index (χ4n) is 2.10. The highest BCUT2D eigenvalue weighted by molar-refractivity contribution is 7.13. The van der Waals surface area contributed by atoms with E-state index < -0.39 is 17.6 Å². The lowest BCUT2D eigenvalue weighted by Gasteiger charge is -2.05. The Morgan fingerprint density at radius 1 is 1.19 bits per heavy atom. The molecule has 5 nitrogen and oxygen atoms in total. The second-order valence-corrected chi connectivity index (χ2v) is 6.06. The van der Waals surface area contributed by atoms with Gasteiger partial charge < -0.3 is 14.8 Å². The van der Waals surface area contributed by atoms with Gasteiger partial charge in [0, 0.05) is 17.1 Å². The molecule has 0 radical (unpaired) electrons. The van der Waals surface area contributed by atoms with Gasteiger partial charge in [0.15, 0.2) is 5.13 Å². The van der Waals surface area contributed by atoms with Crippen molar-refractivity contribution < 1.29 is 23.0 Å². The molecule has 0 spiro atoms. The predicted octanol–water partition coefficient (Wildman–Crippen LogP) is 4.53. The van der Waals surface area contributed by atoms with Crippen LogP contribution >= 0.6 is 11.3 Å². The predicted molar refractivity (Wildman–Crippen MR) is 93.9 cm³/mol. The first-order valence-electron chi connectivity index (χ1n) is 7.53. The summed E-state index contributed by atoms with van der Waals surface area (Å²) in [5.41, 5.74) is 1.03. The third-order valence-corrected chi connectivity index (χ3v) is 4.20. The maximum atomic E-state index is 13.6. The number of halogens is 2. The van der Waals surface area contributed by atoms with E-state index in [1.54, 1.807) is 12.5 Å². The maximum Gasteiger partial charge on any atom is 0.341 e. The largest absolute Gasteiger partial charge is 0.497 e. The first kappa shape index (κ1) is 17.8. The second-order valence-electron chi connectivity index (χ2n) is 5.20. The average molecular weight is 376 g/mol. The van der Waals surface area contributed by atoms with Crippen molar-refractivity contribution in [2.45, 2.75) is 6.61 Å². The van der Waals surface area contributed by atoms with Gasteiger partial charge in [-0.05, 0) is 36.4 Å². The molecule has 8 heteroatoms. The number of hydrogen-bond donors (Lipinski definition) is 1. The summed E-state index contributed by atoms with van der Waals surface area (Å²) in [4.78, 5) is 16.2. The van der Waals surface area contributed by atoms with Gasteiger partial charge >= 0.3 is 5.97 Å². The molecule has 134 valence electrons. The zero-order valence-electron chi connectivity index (χ0n) is 13.7. The molecule has 0 atom stereocenters. The highest BCUT2D eigenvalue weighted by Gasteiger charge is 2.14. The standard InChI is InChI=1S/C18H14F2N2O3S/c1-24-14-5-3-12(4-6-14)21-18-22-13(10-26-18)9-25-17(23)15-7-2-11(19)8-16(15)20/h2-8,10H,9H2,1H3,(H,21,22). The van der Waals surface area contributed by atoms with E-state index >= 15 is 0 Å². The van der Waals surface area contributed by atoms with Gasteiger partial charge in [-0.2, -0.15) is 0 Å². The normalized spacial score (nSPS) is 10.4. The van der Waals surface area contributed by atoms with Gasteiger partial charge in [-0.3, -0.25) is 0 Å². The van der Waals surface area contributed by atoms with Crippen LogP contribution < -0.4 is 10.1 Å². The molecule has 1 N–H and O–H groups in total. The first-order chi connectivity index (χ1) is 12.5. The number of carbonyl (C=O) groups excluding carboxylic acids is 1. The fourth-order valence-corrected chi connectivity index (χ4v) is 2.82. The molecule has 0 unspecified atom stereocenters. The Bertz CT molecular complexity index is 913. The fraction of sp³-hybridized carbons (Fsp3) is 0.111. The van der Waals surface area contributed by atoms with Crippen LogP contribution in [-0.4, -0.2) is 18.1 Å². The summed E-state index contributed by atoms with van der Waals surface area (Å²) in [6.45, 7) is -0.115. The van der Waals surface area contributed by atoms with E-state index in [0.29, 0.717) is 16.9 Å². The van der Waals surface area contributed by atoms with Gasteiger partial charge in [-0.1, -0.05) is 0 Å². The Labute approximate surface area is 152 Å². The molecule has 1 aromatic heterocycles. The van der Waals surface area contributed by atoms with Crippen molar-refractivity contribution in [2.75, 3.05) is 12.4 Å². The summed E-state index contributed by atoms with van der Waals surface area (Å²) < 4.78 is 36.5. The molecule has 0 aliphatic carbocycles. The third kappa shape index (κ3) is 4.34. The number of aromatic nitrogens is 1. The molecule has 3 aromatic rings. The summed E-state index contributed by atoms with van der Waals surface area (Å²) in [7, 11) is 1.59. The van der Waals surface area contributed by atoms with Gasteiger partial charge in [0.1, 0.15) is 24.0 Å². The van der Waals surface area contributed by atoms with Crippen LogP contribution in [0.2, 0.25) is 0 Å². The number of anilines is 2. The van der Waals surface area contributed by atoms with E-state index in [1.807, 2.05) is 24.3 Å². The van der Waals surface area contributed by atoms with E-state index in [0.717, 1.165) is 23.6 Å². The molecule has 0 bridgehead atoms. The van der Waals surface area contributed by atoms with Crippen LogP contribution in [0.5, 0.6) is 5.75 Å². The number of hydrogen-bond acceptors (Lipinski definition) is 6. The van der Waals surface area contributed by atoms with E-state index in [4.69, 9.17) is 9.47 Å². The monoisotopic (exact) mass is 376 g/mol. The van der Waals surface area contributed by atoms with E-state index in [9.17, 15) is 13.6 Å². The highest BCUT2D eigenvalue weighted by atomic mass is 32.1. The highest BCUT2D eigenvalue weighted by Crippen LogP contribution is 2.23. The number of ether oxygens (including phenoxy) is 2. The minimum Gasteiger partial charge on any atom is -0.497 e. The number of benzene rings is 2. The molecule has 0 aliphatic rings. The van der Waals surface area contributed by atoms with Crippen molar-refractivity contribution in [3.8, 4) is 5.75 Å². The van der Waals surface area contributed by atoms with Crippen LogP contribution in [0.15, 0.2) is 47.8 Å². The first-order valence-corrected chi connectivity index (χ1v) is 8.41. The SMILES string of the molecule is COc1ccc(Nc2nc(COC(=O)c3ccc(F)cc3F)cs2)cc1. The van der Waals surface area contributed by atoms with Gasteiger partial charge in [-0.15, -0.1) is 11.3 Å². The van der Waals surface area contributed by atoms with Crippen LogP contribution in [0.1, 0.15) is 16.1 Å². The van der Waals surface area contributed by atoms with Crippen LogP contribution in [0.3, 0.4) is 0 Å². The van der Waals surface area contributed by atoms with E-state index in [2.05, 4.69) is 10.3 Å². The minimum absolute atomic E-state index is 0.115. The number of nitrogens with zero attached hydrogens (tertiary/aromatic N) is 1. The van der Waals surface area contributed by atoms with E-state index in [-0.39, 0.29) is 12.2 Å². The summed E-state index contributed by atoms with van der Waals surface area (Å²) in [5, 5.41) is 5.46. The number of nitrogens with one attached hydrogen (secondary N) is 1. The van der Waals surface area contributed by atoms with Gasteiger partial charge in [0.25, 0.3) is 0 Å². The summed E-state index contributed by atoms with van der Waals surface area (Å²) in [5.74, 6) is -1.85. The second kappa shape index (κ2) is 7.92. The summed E-state index contributed by atoms with van der Waals surface area (Å²) >= 11 is 1.34. The Balaban J connectivity index is 1.58.